The third-order valence-electron chi connectivity index (χ3n) is 8.46. The Hall–Kier alpha value is -5.44. The summed E-state index contributed by atoms with van der Waals surface area (Å²) in [7, 11) is -2.65. The summed E-state index contributed by atoms with van der Waals surface area (Å²) < 4.78 is 13.9. The van der Waals surface area contributed by atoms with Gasteiger partial charge in [-0.05, 0) is 58.2 Å². The highest BCUT2D eigenvalue weighted by Gasteiger charge is 2.34. The van der Waals surface area contributed by atoms with Gasteiger partial charge in [0.25, 0.3) is 0 Å². The van der Waals surface area contributed by atoms with Crippen molar-refractivity contribution in [2.45, 2.75) is 0 Å². The molecular weight excluding hydrogens is 569 g/mol. The third-order valence-corrected chi connectivity index (χ3v) is 11.1. The lowest BCUT2D eigenvalue weighted by molar-refractivity contribution is 0.591. The van der Waals surface area contributed by atoms with Gasteiger partial charge in [0.15, 0.2) is 17.5 Å². The SMILES string of the molecule is CP1(=O)c2ccccc2-c2ccc(-c3cccc(-c4cccc(-c5nc(-c6ccccc6)nc(-c6ccccc6)n5)c4)c3)cc21. The Morgan fingerprint density at radius 2 is 0.800 bits per heavy atom. The third kappa shape index (κ3) is 4.90. The maximum atomic E-state index is 13.9. The molecule has 8 rings (SSSR count). The molecule has 1 aromatic heterocycles. The maximum Gasteiger partial charge on any atom is 0.164 e. The van der Waals surface area contributed by atoms with Gasteiger partial charge in [-0.1, -0.05) is 133 Å². The molecule has 214 valence electrons. The number of nitrogens with zero attached hydrogens (tertiary/aromatic N) is 3. The largest absolute Gasteiger partial charge is 0.314 e. The predicted octanol–water partition coefficient (Wildman–Crippen LogP) is 9.13. The van der Waals surface area contributed by atoms with E-state index in [4.69, 9.17) is 15.0 Å². The second kappa shape index (κ2) is 10.9. The molecule has 1 aliphatic rings. The Kier molecular flexibility index (Phi) is 6.59. The Morgan fingerprint density at radius 3 is 1.40 bits per heavy atom. The fraction of sp³-hybridized carbons (Fsp3) is 0.0250. The quantitative estimate of drug-likeness (QED) is 0.186. The highest BCUT2D eigenvalue weighted by Crippen LogP contribution is 2.50. The first-order valence-corrected chi connectivity index (χ1v) is 17.1. The second-order valence-corrected chi connectivity index (χ2v) is 14.2. The first-order chi connectivity index (χ1) is 22.0. The van der Waals surface area contributed by atoms with Crippen LogP contribution < -0.4 is 10.6 Å². The minimum atomic E-state index is -2.65. The smallest absolute Gasteiger partial charge is 0.164 e. The van der Waals surface area contributed by atoms with Gasteiger partial charge in [0, 0.05) is 27.3 Å². The van der Waals surface area contributed by atoms with Crippen molar-refractivity contribution >= 4 is 17.8 Å². The molecule has 0 amide bonds. The lowest BCUT2D eigenvalue weighted by atomic mass is 9.96. The number of rotatable bonds is 5. The second-order valence-electron chi connectivity index (χ2n) is 11.4. The Bertz CT molecular complexity index is 2210. The Morgan fingerprint density at radius 1 is 0.378 bits per heavy atom. The molecular formula is C40H28N3OP. The van der Waals surface area contributed by atoms with Gasteiger partial charge >= 0.3 is 0 Å². The van der Waals surface area contributed by atoms with E-state index in [2.05, 4.69) is 60.7 Å². The molecule has 7 aromatic rings. The summed E-state index contributed by atoms with van der Waals surface area (Å²) in [5.74, 6) is 1.90. The first-order valence-electron chi connectivity index (χ1n) is 14.9. The van der Waals surface area contributed by atoms with Crippen molar-refractivity contribution in [1.29, 1.82) is 0 Å². The lowest BCUT2D eigenvalue weighted by Gasteiger charge is -2.12. The fourth-order valence-corrected chi connectivity index (χ4v) is 8.47. The summed E-state index contributed by atoms with van der Waals surface area (Å²) in [6.07, 6.45) is 0. The zero-order chi connectivity index (χ0) is 30.4. The minimum absolute atomic E-state index is 0.623. The molecule has 0 saturated heterocycles. The molecule has 2 heterocycles. The molecule has 0 N–H and O–H groups in total. The van der Waals surface area contributed by atoms with Crippen molar-refractivity contribution in [1.82, 2.24) is 15.0 Å². The maximum absolute atomic E-state index is 13.9. The van der Waals surface area contributed by atoms with Crippen molar-refractivity contribution < 1.29 is 4.57 Å². The number of aromatic nitrogens is 3. The molecule has 6 aromatic carbocycles. The minimum Gasteiger partial charge on any atom is -0.314 e. The molecule has 0 bridgehead atoms. The molecule has 1 atom stereocenters. The van der Waals surface area contributed by atoms with Gasteiger partial charge in [-0.15, -0.1) is 0 Å². The van der Waals surface area contributed by atoms with Crippen molar-refractivity contribution in [3.63, 3.8) is 0 Å². The average Bonchev–Trinajstić information content (AvgIpc) is 3.34. The summed E-state index contributed by atoms with van der Waals surface area (Å²) in [5.41, 5.74) is 9.23. The zero-order valence-corrected chi connectivity index (χ0v) is 25.5. The summed E-state index contributed by atoms with van der Waals surface area (Å²) in [4.78, 5) is 14.7. The molecule has 0 saturated carbocycles. The van der Waals surface area contributed by atoms with Crippen LogP contribution in [0.4, 0.5) is 0 Å². The monoisotopic (exact) mass is 597 g/mol. The Balaban J connectivity index is 1.18. The summed E-state index contributed by atoms with van der Waals surface area (Å²) >= 11 is 0. The van der Waals surface area contributed by atoms with Crippen LogP contribution in [0, 0.1) is 0 Å². The van der Waals surface area contributed by atoms with Crippen molar-refractivity contribution in [3.8, 4) is 67.5 Å². The van der Waals surface area contributed by atoms with Crippen LogP contribution in [0.5, 0.6) is 0 Å². The zero-order valence-electron chi connectivity index (χ0n) is 24.6. The molecule has 0 fully saturated rings. The van der Waals surface area contributed by atoms with E-state index in [-0.39, 0.29) is 0 Å². The van der Waals surface area contributed by atoms with E-state index in [9.17, 15) is 4.57 Å². The van der Waals surface area contributed by atoms with Crippen LogP contribution >= 0.6 is 7.14 Å². The van der Waals surface area contributed by atoms with Gasteiger partial charge in [0.1, 0.15) is 7.14 Å². The van der Waals surface area contributed by atoms with E-state index in [1.54, 1.807) is 0 Å². The van der Waals surface area contributed by atoms with Gasteiger partial charge < -0.3 is 4.57 Å². The molecule has 1 unspecified atom stereocenters. The summed E-state index contributed by atoms with van der Waals surface area (Å²) in [5, 5.41) is 1.89. The van der Waals surface area contributed by atoms with Gasteiger partial charge in [-0.25, -0.2) is 15.0 Å². The van der Waals surface area contributed by atoms with E-state index in [1.165, 1.54) is 0 Å². The molecule has 1 aliphatic heterocycles. The normalized spacial score (nSPS) is 15.0. The first kappa shape index (κ1) is 27.1. The van der Waals surface area contributed by atoms with E-state index >= 15 is 0 Å². The lowest BCUT2D eigenvalue weighted by Crippen LogP contribution is -2.08. The van der Waals surface area contributed by atoms with E-state index < -0.39 is 7.14 Å². The van der Waals surface area contributed by atoms with Crippen molar-refractivity contribution in [3.05, 3.63) is 152 Å². The van der Waals surface area contributed by atoms with Crippen LogP contribution in [-0.4, -0.2) is 21.6 Å². The van der Waals surface area contributed by atoms with E-state index in [0.717, 1.165) is 60.7 Å². The van der Waals surface area contributed by atoms with Gasteiger partial charge in [-0.3, -0.25) is 0 Å². The highest BCUT2D eigenvalue weighted by atomic mass is 31.2. The van der Waals surface area contributed by atoms with Crippen molar-refractivity contribution in [2.75, 3.05) is 6.66 Å². The summed E-state index contributed by atoms with van der Waals surface area (Å²) in [6, 6.07) is 51.3. The summed E-state index contributed by atoms with van der Waals surface area (Å²) in [6.45, 7) is 1.89. The molecule has 5 heteroatoms. The molecule has 0 spiro atoms. The van der Waals surface area contributed by atoms with Gasteiger partial charge in [0.05, 0.1) is 0 Å². The predicted molar refractivity (Wildman–Crippen MR) is 185 cm³/mol. The number of hydrogen-bond acceptors (Lipinski definition) is 4. The average molecular weight is 598 g/mol. The number of hydrogen-bond donors (Lipinski definition) is 0. The molecule has 0 radical (unpaired) electrons. The van der Waals surface area contributed by atoms with Gasteiger partial charge in [0.2, 0.25) is 0 Å². The standard InChI is InChI=1S/C40H28N3OP/c1-45(44)36-21-9-8-20-34(36)35-23-22-32(26-37(35)45)30-17-10-16-29(24-30)31-18-11-19-33(25-31)40-42-38(27-12-4-2-5-13-27)41-39(43-40)28-14-6-3-7-15-28/h2-26H,1H3. The fourth-order valence-electron chi connectivity index (χ4n) is 6.15. The van der Waals surface area contributed by atoms with Crippen LogP contribution in [-0.2, 0) is 4.57 Å². The molecule has 45 heavy (non-hydrogen) atoms. The van der Waals surface area contributed by atoms with E-state index in [0.29, 0.717) is 17.5 Å². The van der Waals surface area contributed by atoms with Gasteiger partial charge in [-0.2, -0.15) is 0 Å². The van der Waals surface area contributed by atoms with Crippen LogP contribution in [0.1, 0.15) is 0 Å². The van der Waals surface area contributed by atoms with Crippen LogP contribution in [0.3, 0.4) is 0 Å². The number of benzene rings is 6. The van der Waals surface area contributed by atoms with Crippen LogP contribution in [0.15, 0.2) is 152 Å². The topological polar surface area (TPSA) is 55.7 Å². The molecule has 0 aliphatic carbocycles. The highest BCUT2D eigenvalue weighted by molar-refractivity contribution is 7.79. The molecule has 4 nitrogen and oxygen atoms in total. The number of fused-ring (bicyclic) bond motifs is 3. The Labute approximate surface area is 262 Å². The van der Waals surface area contributed by atoms with E-state index in [1.807, 2.05) is 97.7 Å². The van der Waals surface area contributed by atoms with Crippen molar-refractivity contribution in [2.24, 2.45) is 0 Å². The van der Waals surface area contributed by atoms with Crippen LogP contribution in [0.2, 0.25) is 0 Å². The van der Waals surface area contributed by atoms with Crippen LogP contribution in [0.25, 0.3) is 67.5 Å².